The van der Waals surface area contributed by atoms with Gasteiger partial charge in [-0.1, -0.05) is 31.5 Å². The Balaban J connectivity index is 3.18. The lowest BCUT2D eigenvalue weighted by atomic mass is 9.87. The van der Waals surface area contributed by atoms with Gasteiger partial charge in [-0.3, -0.25) is 16.2 Å². The maximum absolute atomic E-state index is 14.1. The minimum absolute atomic E-state index is 0.313. The van der Waals surface area contributed by atoms with Crippen LogP contribution in [0.2, 0.25) is 5.02 Å². The summed E-state index contributed by atoms with van der Waals surface area (Å²) in [6.07, 6.45) is 0. The fourth-order valence-corrected chi connectivity index (χ4v) is 2.79. The van der Waals surface area contributed by atoms with E-state index in [4.69, 9.17) is 17.4 Å². The van der Waals surface area contributed by atoms with E-state index in [0.29, 0.717) is 10.6 Å². The summed E-state index contributed by atoms with van der Waals surface area (Å²) < 4.78 is 14.1. The van der Waals surface area contributed by atoms with Crippen molar-refractivity contribution >= 4 is 11.6 Å². The first-order valence-corrected chi connectivity index (χ1v) is 6.92. The lowest BCUT2D eigenvalue weighted by Gasteiger charge is -2.43. The first-order valence-electron chi connectivity index (χ1n) is 6.54. The lowest BCUT2D eigenvalue weighted by molar-refractivity contribution is 0.0897. The van der Waals surface area contributed by atoms with Crippen LogP contribution in [0.1, 0.15) is 39.3 Å². The van der Waals surface area contributed by atoms with Gasteiger partial charge in [-0.05, 0) is 39.1 Å². The van der Waals surface area contributed by atoms with Crippen LogP contribution >= 0.6 is 11.6 Å². The highest BCUT2D eigenvalue weighted by Gasteiger charge is 2.35. The van der Waals surface area contributed by atoms with Gasteiger partial charge in [0.1, 0.15) is 5.82 Å². The van der Waals surface area contributed by atoms with Crippen LogP contribution in [-0.2, 0) is 0 Å². The van der Waals surface area contributed by atoms with Crippen LogP contribution in [0.25, 0.3) is 0 Å². The number of benzene rings is 1. The van der Waals surface area contributed by atoms with Crippen molar-refractivity contribution in [2.45, 2.75) is 39.3 Å². The van der Waals surface area contributed by atoms with Gasteiger partial charge in [0.2, 0.25) is 0 Å². The van der Waals surface area contributed by atoms with Crippen LogP contribution < -0.4 is 11.3 Å². The predicted octanol–water partition coefficient (Wildman–Crippen LogP) is 3.10. The Morgan fingerprint density at radius 2 is 1.95 bits per heavy atom. The third-order valence-corrected chi connectivity index (χ3v) is 3.96. The average molecular weight is 288 g/mol. The number of hydrazine groups is 1. The molecule has 1 rings (SSSR count). The van der Waals surface area contributed by atoms with Crippen molar-refractivity contribution in [1.29, 1.82) is 0 Å². The maximum atomic E-state index is 14.1. The molecule has 0 bridgehead atoms. The number of rotatable bonds is 6. The van der Waals surface area contributed by atoms with E-state index in [0.717, 1.165) is 13.1 Å². The summed E-state index contributed by atoms with van der Waals surface area (Å²) in [6, 6.07) is 4.37. The summed E-state index contributed by atoms with van der Waals surface area (Å²) in [5.41, 5.74) is 2.96. The molecule has 3 N–H and O–H groups in total. The summed E-state index contributed by atoms with van der Waals surface area (Å²) in [7, 11) is 0. The fourth-order valence-electron chi connectivity index (χ4n) is 2.63. The van der Waals surface area contributed by atoms with Crippen LogP contribution in [0.5, 0.6) is 0 Å². The van der Waals surface area contributed by atoms with Crippen molar-refractivity contribution in [2.75, 3.05) is 13.1 Å². The second-order valence-corrected chi connectivity index (χ2v) is 5.53. The molecule has 1 unspecified atom stereocenters. The van der Waals surface area contributed by atoms with Crippen LogP contribution in [0.15, 0.2) is 18.2 Å². The molecule has 5 heteroatoms. The molecular weight excluding hydrogens is 265 g/mol. The van der Waals surface area contributed by atoms with E-state index >= 15 is 0 Å². The third-order valence-electron chi connectivity index (χ3n) is 3.73. The smallest absolute Gasteiger partial charge is 0.129 e. The molecule has 0 radical (unpaired) electrons. The summed E-state index contributed by atoms with van der Waals surface area (Å²) >= 11 is 5.79. The monoisotopic (exact) mass is 287 g/mol. The Morgan fingerprint density at radius 3 is 2.37 bits per heavy atom. The molecule has 19 heavy (non-hydrogen) atoms. The summed E-state index contributed by atoms with van der Waals surface area (Å²) in [4.78, 5) is 2.24. The largest absolute Gasteiger partial charge is 0.297 e. The number of hydrogen-bond donors (Lipinski definition) is 2. The number of hydrogen-bond acceptors (Lipinski definition) is 3. The Kier molecular flexibility index (Phi) is 5.74. The molecule has 0 aliphatic heterocycles. The van der Waals surface area contributed by atoms with E-state index in [2.05, 4.69) is 38.0 Å². The molecular formula is C14H23ClFN3. The molecule has 0 aliphatic rings. The zero-order valence-electron chi connectivity index (χ0n) is 12.0. The van der Waals surface area contributed by atoms with E-state index in [9.17, 15) is 4.39 Å². The molecule has 1 aromatic carbocycles. The number of nitrogens with zero attached hydrogens (tertiary/aromatic N) is 1. The van der Waals surface area contributed by atoms with Gasteiger partial charge in [0.15, 0.2) is 0 Å². The molecule has 0 spiro atoms. The molecule has 0 amide bonds. The SMILES string of the molecule is CCN(CC)C(C)(C)C(NN)c1ccc(Cl)cc1F. The van der Waals surface area contributed by atoms with E-state index in [1.165, 1.54) is 6.07 Å². The van der Waals surface area contributed by atoms with Crippen molar-refractivity contribution in [3.63, 3.8) is 0 Å². The fraction of sp³-hybridized carbons (Fsp3) is 0.571. The summed E-state index contributed by atoms with van der Waals surface area (Å²) in [5.74, 6) is 5.33. The van der Waals surface area contributed by atoms with E-state index in [1.54, 1.807) is 12.1 Å². The second kappa shape index (κ2) is 6.66. The zero-order valence-corrected chi connectivity index (χ0v) is 12.8. The standard InChI is InChI=1S/C14H23ClFN3/c1-5-19(6-2)14(3,4)13(18-17)11-8-7-10(15)9-12(11)16/h7-9,13,18H,5-6,17H2,1-4H3. The highest BCUT2D eigenvalue weighted by Crippen LogP contribution is 2.32. The van der Waals surface area contributed by atoms with Crippen molar-refractivity contribution in [3.05, 3.63) is 34.6 Å². The zero-order chi connectivity index (χ0) is 14.6. The Hall–Kier alpha value is -0.680. The Morgan fingerprint density at radius 1 is 1.37 bits per heavy atom. The third kappa shape index (κ3) is 3.45. The molecule has 0 heterocycles. The Labute approximate surface area is 119 Å². The summed E-state index contributed by atoms with van der Waals surface area (Å²) in [5, 5.41) is 0.387. The average Bonchev–Trinajstić information content (AvgIpc) is 2.33. The second-order valence-electron chi connectivity index (χ2n) is 5.09. The lowest BCUT2D eigenvalue weighted by Crippen LogP contribution is -2.54. The number of nitrogens with one attached hydrogen (secondary N) is 1. The molecule has 3 nitrogen and oxygen atoms in total. The van der Waals surface area contributed by atoms with Gasteiger partial charge in [-0.2, -0.15) is 0 Å². The molecule has 0 aliphatic carbocycles. The van der Waals surface area contributed by atoms with Gasteiger partial charge >= 0.3 is 0 Å². The summed E-state index contributed by atoms with van der Waals surface area (Å²) in [6.45, 7) is 10.0. The van der Waals surface area contributed by atoms with Gasteiger partial charge < -0.3 is 0 Å². The maximum Gasteiger partial charge on any atom is 0.129 e. The molecule has 1 atom stereocenters. The quantitative estimate of drug-likeness (QED) is 0.624. The molecule has 0 saturated heterocycles. The van der Waals surface area contributed by atoms with E-state index < -0.39 is 0 Å². The molecule has 1 aromatic rings. The van der Waals surface area contributed by atoms with Gasteiger partial charge in [0.25, 0.3) is 0 Å². The number of halogens is 2. The molecule has 0 aromatic heterocycles. The molecule has 108 valence electrons. The molecule has 0 saturated carbocycles. The first-order chi connectivity index (χ1) is 8.88. The van der Waals surface area contributed by atoms with Crippen molar-refractivity contribution in [3.8, 4) is 0 Å². The van der Waals surface area contributed by atoms with Crippen LogP contribution in [0.4, 0.5) is 4.39 Å². The van der Waals surface area contributed by atoms with Crippen LogP contribution in [-0.4, -0.2) is 23.5 Å². The van der Waals surface area contributed by atoms with Crippen molar-refractivity contribution in [1.82, 2.24) is 10.3 Å². The van der Waals surface area contributed by atoms with Gasteiger partial charge in [0, 0.05) is 16.1 Å². The highest BCUT2D eigenvalue weighted by molar-refractivity contribution is 6.30. The minimum Gasteiger partial charge on any atom is -0.297 e. The predicted molar refractivity (Wildman–Crippen MR) is 78.5 cm³/mol. The molecule has 0 fully saturated rings. The van der Waals surface area contributed by atoms with Crippen molar-refractivity contribution < 1.29 is 4.39 Å². The van der Waals surface area contributed by atoms with E-state index in [1.807, 2.05) is 0 Å². The normalized spacial score (nSPS) is 13.9. The number of likely N-dealkylation sites (N-methyl/N-ethyl adjacent to an activating group) is 1. The first kappa shape index (κ1) is 16.4. The Bertz CT molecular complexity index is 419. The highest BCUT2D eigenvalue weighted by atomic mass is 35.5. The van der Waals surface area contributed by atoms with Gasteiger partial charge in [-0.15, -0.1) is 0 Å². The van der Waals surface area contributed by atoms with Gasteiger partial charge in [-0.25, -0.2) is 4.39 Å². The van der Waals surface area contributed by atoms with Gasteiger partial charge in [0.05, 0.1) is 6.04 Å². The van der Waals surface area contributed by atoms with E-state index in [-0.39, 0.29) is 17.4 Å². The topological polar surface area (TPSA) is 41.3 Å². The van der Waals surface area contributed by atoms with Crippen LogP contribution in [0.3, 0.4) is 0 Å². The van der Waals surface area contributed by atoms with Crippen LogP contribution in [0, 0.1) is 5.82 Å². The van der Waals surface area contributed by atoms with Crippen molar-refractivity contribution in [2.24, 2.45) is 5.84 Å². The minimum atomic E-state index is -0.337. The number of nitrogens with two attached hydrogens (primary N) is 1.